The van der Waals surface area contributed by atoms with E-state index in [0.717, 1.165) is 5.56 Å². The van der Waals surface area contributed by atoms with Gasteiger partial charge in [0, 0.05) is 42.9 Å². The summed E-state index contributed by atoms with van der Waals surface area (Å²) >= 11 is 0. The molecule has 2 N–H and O–H groups in total. The average molecular weight is 559 g/mol. The third kappa shape index (κ3) is 5.67. The van der Waals surface area contributed by atoms with Gasteiger partial charge in [0.1, 0.15) is 5.78 Å². The Morgan fingerprint density at radius 1 is 0.975 bits per heavy atom. The largest absolute Gasteiger partial charge is 0.479 e. The molecule has 0 amide bonds. The molecule has 2 aromatic carbocycles. The van der Waals surface area contributed by atoms with Crippen LogP contribution in [0.15, 0.2) is 60.7 Å². The Morgan fingerprint density at radius 2 is 1.57 bits per heavy atom. The van der Waals surface area contributed by atoms with E-state index < -0.39 is 41.7 Å². The molecule has 0 unspecified atom stereocenters. The lowest BCUT2D eigenvalue weighted by molar-refractivity contribution is -0.167. The van der Waals surface area contributed by atoms with Crippen LogP contribution in [0.1, 0.15) is 70.4 Å². The maximum Gasteiger partial charge on any atom is 0.345 e. The van der Waals surface area contributed by atoms with Gasteiger partial charge < -0.3 is 19.7 Å². The van der Waals surface area contributed by atoms with E-state index in [2.05, 4.69) is 0 Å². The van der Waals surface area contributed by atoms with Crippen LogP contribution < -0.4 is 0 Å². The van der Waals surface area contributed by atoms with Crippen LogP contribution >= 0.6 is 0 Å². The zero-order chi connectivity index (χ0) is 29.3. The number of cyclic esters (lactones) is 1. The Kier molecular flexibility index (Phi) is 8.20. The van der Waals surface area contributed by atoms with Crippen LogP contribution in [0.4, 0.5) is 8.78 Å². The predicted octanol–water partition coefficient (Wildman–Crippen LogP) is 5.59. The van der Waals surface area contributed by atoms with Gasteiger partial charge in [-0.1, -0.05) is 81.4 Å². The molecule has 7 nitrogen and oxygen atoms in total. The van der Waals surface area contributed by atoms with Crippen molar-refractivity contribution < 1.29 is 42.9 Å². The summed E-state index contributed by atoms with van der Waals surface area (Å²) in [6, 6.07) is 17.2. The van der Waals surface area contributed by atoms with Gasteiger partial charge in [0.2, 0.25) is 12.2 Å². The van der Waals surface area contributed by atoms with Gasteiger partial charge in [-0.05, 0) is 24.0 Å². The van der Waals surface area contributed by atoms with Crippen molar-refractivity contribution in [2.45, 2.75) is 82.7 Å². The number of Topliss-reactive ketones (excluding diaryl/α,β-unsaturated/α-hetero) is 1. The second kappa shape index (κ2) is 11.0. The SMILES string of the molecule is CC(C)(C)[C@H]1OC(=O)[C@](c2ccccc2)([C@@H]2CCC(=O)C2)O1.O=C(O)[C@](O)(c1ccccc1)[C@@H]1CCC(F)(F)C1. The monoisotopic (exact) mass is 558 g/mol. The van der Waals surface area contributed by atoms with E-state index in [1.165, 1.54) is 12.1 Å². The van der Waals surface area contributed by atoms with E-state index in [0.29, 0.717) is 19.3 Å². The second-order valence-electron chi connectivity index (χ2n) is 12.0. The minimum atomic E-state index is -2.89. The third-order valence-electron chi connectivity index (χ3n) is 8.07. The van der Waals surface area contributed by atoms with Gasteiger partial charge >= 0.3 is 11.9 Å². The van der Waals surface area contributed by atoms with Crippen molar-refractivity contribution in [3.05, 3.63) is 71.8 Å². The highest BCUT2D eigenvalue weighted by Gasteiger charge is 2.60. The number of carbonyl (C=O) groups excluding carboxylic acids is 2. The summed E-state index contributed by atoms with van der Waals surface area (Å²) in [5, 5.41) is 19.6. The van der Waals surface area contributed by atoms with E-state index >= 15 is 0 Å². The van der Waals surface area contributed by atoms with Gasteiger partial charge in [0.05, 0.1) is 0 Å². The molecule has 0 spiro atoms. The molecule has 2 saturated carbocycles. The molecule has 3 aliphatic rings. The highest BCUT2D eigenvalue weighted by molar-refractivity contribution is 5.87. The van der Waals surface area contributed by atoms with Crippen molar-refractivity contribution in [1.29, 1.82) is 0 Å². The van der Waals surface area contributed by atoms with E-state index in [1.807, 2.05) is 51.1 Å². The van der Waals surface area contributed by atoms with Gasteiger partial charge in [-0.3, -0.25) is 4.79 Å². The summed E-state index contributed by atoms with van der Waals surface area (Å²) in [6.45, 7) is 5.93. The summed E-state index contributed by atoms with van der Waals surface area (Å²) in [6.07, 6.45) is -0.0116. The van der Waals surface area contributed by atoms with E-state index in [1.54, 1.807) is 18.2 Å². The lowest BCUT2D eigenvalue weighted by Gasteiger charge is -2.32. The molecule has 1 heterocycles. The number of carboxylic acid groups (broad SMARTS) is 1. The van der Waals surface area contributed by atoms with Gasteiger partial charge in [-0.15, -0.1) is 0 Å². The van der Waals surface area contributed by atoms with Crippen LogP contribution in [0.2, 0.25) is 0 Å². The molecular formula is C31H36F2O7. The number of esters is 1. The molecule has 2 aliphatic carbocycles. The Labute approximate surface area is 232 Å². The number of carbonyl (C=O) groups is 3. The Hall–Kier alpha value is -3.17. The van der Waals surface area contributed by atoms with Gasteiger partial charge in [0.15, 0.2) is 11.2 Å². The van der Waals surface area contributed by atoms with Crippen molar-refractivity contribution in [1.82, 2.24) is 0 Å². The Balaban J connectivity index is 0.000000189. The molecule has 0 radical (unpaired) electrons. The fourth-order valence-corrected chi connectivity index (χ4v) is 5.84. The first kappa shape index (κ1) is 29.8. The smallest absolute Gasteiger partial charge is 0.345 e. The number of aliphatic carboxylic acids is 1. The van der Waals surface area contributed by atoms with Crippen LogP contribution in [0.5, 0.6) is 0 Å². The Morgan fingerprint density at radius 3 is 2.02 bits per heavy atom. The summed E-state index contributed by atoms with van der Waals surface area (Å²) in [7, 11) is 0. The normalized spacial score (nSPS) is 29.3. The minimum Gasteiger partial charge on any atom is -0.479 e. The van der Waals surface area contributed by atoms with Crippen molar-refractivity contribution in [3.8, 4) is 0 Å². The highest BCUT2D eigenvalue weighted by atomic mass is 19.3. The first-order valence-electron chi connectivity index (χ1n) is 13.6. The number of benzene rings is 2. The topological polar surface area (TPSA) is 110 Å². The van der Waals surface area contributed by atoms with E-state index in [9.17, 15) is 33.4 Å². The van der Waals surface area contributed by atoms with E-state index in [4.69, 9.17) is 9.47 Å². The fraction of sp³-hybridized carbons (Fsp3) is 0.516. The van der Waals surface area contributed by atoms with Crippen LogP contribution in [0.3, 0.4) is 0 Å². The van der Waals surface area contributed by atoms with Crippen LogP contribution in [0.25, 0.3) is 0 Å². The second-order valence-corrected chi connectivity index (χ2v) is 12.0. The minimum absolute atomic E-state index is 0.00466. The molecular weight excluding hydrogens is 522 g/mol. The molecule has 5 atom stereocenters. The lowest BCUT2D eigenvalue weighted by atomic mass is 9.80. The third-order valence-corrected chi connectivity index (χ3v) is 8.07. The fourth-order valence-electron chi connectivity index (χ4n) is 5.84. The number of carboxylic acids is 1. The van der Waals surface area contributed by atoms with Crippen LogP contribution in [-0.4, -0.2) is 40.1 Å². The highest BCUT2D eigenvalue weighted by Crippen LogP contribution is 2.50. The number of rotatable bonds is 5. The molecule has 40 heavy (non-hydrogen) atoms. The van der Waals surface area contributed by atoms with Gasteiger partial charge in [-0.2, -0.15) is 0 Å². The maximum atomic E-state index is 13.2. The molecule has 216 valence electrons. The number of aliphatic hydroxyl groups is 1. The van der Waals surface area contributed by atoms with Crippen LogP contribution in [0, 0.1) is 17.3 Å². The number of ketones is 1. The van der Waals surface area contributed by atoms with Crippen LogP contribution in [-0.2, 0) is 35.1 Å². The first-order chi connectivity index (χ1) is 18.7. The van der Waals surface area contributed by atoms with E-state index in [-0.39, 0.29) is 41.5 Å². The van der Waals surface area contributed by atoms with Gasteiger partial charge in [-0.25, -0.2) is 18.4 Å². The standard InChI is InChI=1S/C18H22O4.C13H14F2O3/c1-17(2,3)16-21-15(20)18(22-16,12-7-5-4-6-8-12)13-9-10-14(19)11-13;14-12(15)7-6-10(8-12)13(18,11(16)17)9-4-2-1-3-5-9/h4-8,13,16H,9-11H2,1-3H3;1-5,10,18H,6-8H2,(H,16,17)/t13-,16+,18+;10-,13+/m11/s1. The lowest BCUT2D eigenvalue weighted by Crippen LogP contribution is -2.42. The van der Waals surface area contributed by atoms with Gasteiger partial charge in [0.25, 0.3) is 0 Å². The molecule has 0 bridgehead atoms. The number of halogens is 2. The van der Waals surface area contributed by atoms with Crippen molar-refractivity contribution in [2.75, 3.05) is 0 Å². The molecule has 5 rings (SSSR count). The number of ether oxygens (including phenoxy) is 2. The summed E-state index contributed by atoms with van der Waals surface area (Å²) in [4.78, 5) is 35.9. The summed E-state index contributed by atoms with van der Waals surface area (Å²) < 4.78 is 38.2. The molecule has 2 aromatic rings. The maximum absolute atomic E-state index is 13.2. The number of hydrogen-bond donors (Lipinski definition) is 2. The molecule has 1 aliphatic heterocycles. The van der Waals surface area contributed by atoms with Crippen molar-refractivity contribution >= 4 is 17.7 Å². The quantitative estimate of drug-likeness (QED) is 0.460. The molecule has 3 fully saturated rings. The average Bonchev–Trinajstić information content (AvgIpc) is 3.61. The molecule has 1 saturated heterocycles. The predicted molar refractivity (Wildman–Crippen MR) is 141 cm³/mol. The summed E-state index contributed by atoms with van der Waals surface area (Å²) in [5.74, 6) is -5.65. The zero-order valence-electron chi connectivity index (χ0n) is 22.9. The molecule has 9 heteroatoms. The van der Waals surface area contributed by atoms with Crippen molar-refractivity contribution in [2.24, 2.45) is 17.3 Å². The Bertz CT molecular complexity index is 1230. The molecule has 0 aromatic heterocycles. The zero-order valence-corrected chi connectivity index (χ0v) is 22.9. The number of alkyl halides is 2. The first-order valence-corrected chi connectivity index (χ1v) is 13.6. The summed E-state index contributed by atoms with van der Waals surface area (Å²) in [5.41, 5.74) is -2.76. The number of hydrogen-bond acceptors (Lipinski definition) is 6. The van der Waals surface area contributed by atoms with Crippen molar-refractivity contribution in [3.63, 3.8) is 0 Å².